The van der Waals surface area contributed by atoms with E-state index in [4.69, 9.17) is 0 Å². The summed E-state index contributed by atoms with van der Waals surface area (Å²) in [4.78, 5) is 23.7. The second kappa shape index (κ2) is 9.92. The normalized spacial score (nSPS) is 16.2. The first kappa shape index (κ1) is 25.2. The predicted octanol–water partition coefficient (Wildman–Crippen LogP) is 5.72. The fourth-order valence-electron chi connectivity index (χ4n) is 4.89. The number of piperidine rings is 1. The summed E-state index contributed by atoms with van der Waals surface area (Å²) in [6.07, 6.45) is 0.169. The Morgan fingerprint density at radius 2 is 1.92 bits per heavy atom. The number of nitrogens with zero attached hydrogens (tertiary/aromatic N) is 5. The van der Waals surface area contributed by atoms with Gasteiger partial charge in [-0.3, -0.25) is 4.79 Å². The van der Waals surface area contributed by atoms with Crippen LogP contribution in [0.3, 0.4) is 0 Å². The number of thiophene rings is 1. The molecule has 7 nitrogen and oxygen atoms in total. The first-order valence-corrected chi connectivity index (χ1v) is 13.2. The van der Waals surface area contributed by atoms with Crippen molar-refractivity contribution in [3.8, 4) is 5.69 Å². The monoisotopic (exact) mass is 554 g/mol. The Balaban J connectivity index is 1.17. The molecule has 1 unspecified atom stereocenters. The number of carbonyl (C=O) groups is 1. The Hall–Kier alpha value is -4.06. The first-order chi connectivity index (χ1) is 18.8. The number of nitrogens with one attached hydrogen (secondary N) is 1. The highest BCUT2D eigenvalue weighted by atomic mass is 32.1. The van der Waals surface area contributed by atoms with Crippen LogP contribution in [0.5, 0.6) is 0 Å². The third-order valence-corrected chi connectivity index (χ3v) is 7.84. The standard InChI is InChI=1S/C27H22F4N6OS/c28-22-14-39-23-8-3-16(10-20(22)23)11-32-26(38)17-2-1-9-36(12-17)25-21-13-37(35-24(21)33-15-34-25)19-6-4-18(5-7-19)27(29,30)31/h3-8,10,13-15,17H,1-2,9,11-12H2,(H,32,38). The molecule has 0 radical (unpaired) electrons. The van der Waals surface area contributed by atoms with Crippen LogP contribution in [0.4, 0.5) is 23.4 Å². The highest BCUT2D eigenvalue weighted by Gasteiger charge is 2.30. The molecule has 6 rings (SSSR count). The summed E-state index contributed by atoms with van der Waals surface area (Å²) < 4.78 is 55.1. The van der Waals surface area contributed by atoms with Crippen molar-refractivity contribution < 1.29 is 22.4 Å². The Labute approximate surface area is 224 Å². The number of rotatable bonds is 5. The quantitative estimate of drug-likeness (QED) is 0.281. The zero-order valence-electron chi connectivity index (χ0n) is 20.5. The molecular weight excluding hydrogens is 532 g/mol. The van der Waals surface area contributed by atoms with Crippen LogP contribution in [0.25, 0.3) is 26.8 Å². The lowest BCUT2D eigenvalue weighted by atomic mass is 9.97. The Kier molecular flexibility index (Phi) is 6.42. The predicted molar refractivity (Wildman–Crippen MR) is 140 cm³/mol. The van der Waals surface area contributed by atoms with Gasteiger partial charge in [0.1, 0.15) is 18.0 Å². The maximum absolute atomic E-state index is 13.9. The number of benzene rings is 2. The van der Waals surface area contributed by atoms with E-state index in [9.17, 15) is 22.4 Å². The van der Waals surface area contributed by atoms with Gasteiger partial charge in [-0.05, 0) is 54.8 Å². The summed E-state index contributed by atoms with van der Waals surface area (Å²) in [5.74, 6) is 0.00429. The molecule has 1 aliphatic heterocycles. The minimum Gasteiger partial charge on any atom is -0.355 e. The molecule has 1 N–H and O–H groups in total. The van der Waals surface area contributed by atoms with Gasteiger partial charge in [0.2, 0.25) is 5.91 Å². The first-order valence-electron chi connectivity index (χ1n) is 12.3. The van der Waals surface area contributed by atoms with Gasteiger partial charge in [0.25, 0.3) is 0 Å². The largest absolute Gasteiger partial charge is 0.416 e. The van der Waals surface area contributed by atoms with Gasteiger partial charge in [0.15, 0.2) is 5.65 Å². The zero-order chi connectivity index (χ0) is 27.1. The smallest absolute Gasteiger partial charge is 0.355 e. The van der Waals surface area contributed by atoms with Crippen LogP contribution in [0.2, 0.25) is 0 Å². The van der Waals surface area contributed by atoms with Crippen LogP contribution in [0, 0.1) is 11.7 Å². The number of anilines is 1. The number of amides is 1. The number of hydrogen-bond acceptors (Lipinski definition) is 6. The summed E-state index contributed by atoms with van der Waals surface area (Å²) in [6, 6.07) is 10.2. The van der Waals surface area contributed by atoms with Crippen molar-refractivity contribution in [2.24, 2.45) is 5.92 Å². The average molecular weight is 555 g/mol. The Morgan fingerprint density at radius 3 is 2.72 bits per heavy atom. The highest BCUT2D eigenvalue weighted by molar-refractivity contribution is 7.17. The molecule has 1 aliphatic rings. The zero-order valence-corrected chi connectivity index (χ0v) is 21.3. The second-order valence-corrected chi connectivity index (χ2v) is 10.4. The topological polar surface area (TPSA) is 75.9 Å². The number of hydrogen-bond donors (Lipinski definition) is 1. The van der Waals surface area contributed by atoms with Gasteiger partial charge in [-0.25, -0.2) is 19.0 Å². The molecule has 200 valence electrons. The van der Waals surface area contributed by atoms with E-state index in [1.165, 1.54) is 39.9 Å². The molecule has 5 aromatic rings. The lowest BCUT2D eigenvalue weighted by Crippen LogP contribution is -2.43. The van der Waals surface area contributed by atoms with Crippen molar-refractivity contribution in [2.75, 3.05) is 18.0 Å². The van der Waals surface area contributed by atoms with Gasteiger partial charge >= 0.3 is 6.18 Å². The third kappa shape index (κ3) is 5.03. The van der Waals surface area contributed by atoms with Crippen molar-refractivity contribution in [1.82, 2.24) is 25.1 Å². The van der Waals surface area contributed by atoms with Crippen LogP contribution in [-0.2, 0) is 17.5 Å². The second-order valence-electron chi connectivity index (χ2n) is 9.47. The summed E-state index contributed by atoms with van der Waals surface area (Å²) in [7, 11) is 0. The molecule has 1 amide bonds. The van der Waals surface area contributed by atoms with Crippen molar-refractivity contribution >= 4 is 44.2 Å². The molecule has 1 saturated heterocycles. The molecule has 1 fully saturated rings. The van der Waals surface area contributed by atoms with E-state index < -0.39 is 11.7 Å². The van der Waals surface area contributed by atoms with E-state index in [1.807, 2.05) is 17.0 Å². The Bertz CT molecular complexity index is 1660. The van der Waals surface area contributed by atoms with Crippen LogP contribution in [0.15, 0.2) is 60.4 Å². The molecule has 12 heteroatoms. The molecule has 39 heavy (non-hydrogen) atoms. The van der Waals surface area contributed by atoms with Crippen LogP contribution in [-0.4, -0.2) is 38.7 Å². The van der Waals surface area contributed by atoms with E-state index in [2.05, 4.69) is 20.4 Å². The number of halogens is 4. The number of carbonyl (C=O) groups excluding carboxylic acids is 1. The minimum absolute atomic E-state index is 0.0867. The van der Waals surface area contributed by atoms with Crippen LogP contribution >= 0.6 is 11.3 Å². The molecule has 0 aliphatic carbocycles. The molecule has 3 aromatic heterocycles. The molecule has 0 spiro atoms. The summed E-state index contributed by atoms with van der Waals surface area (Å²) in [6.45, 7) is 1.44. The van der Waals surface area contributed by atoms with Gasteiger partial charge in [0.05, 0.1) is 22.6 Å². The van der Waals surface area contributed by atoms with Gasteiger partial charge in [0, 0.05) is 41.3 Å². The molecule has 0 saturated carbocycles. The van der Waals surface area contributed by atoms with Crippen LogP contribution < -0.4 is 10.2 Å². The number of alkyl halides is 3. The van der Waals surface area contributed by atoms with Gasteiger partial charge < -0.3 is 10.2 Å². The maximum Gasteiger partial charge on any atom is 0.416 e. The van der Waals surface area contributed by atoms with E-state index >= 15 is 0 Å². The fourth-order valence-corrected chi connectivity index (χ4v) is 5.67. The molecule has 0 bridgehead atoms. The Morgan fingerprint density at radius 1 is 1.10 bits per heavy atom. The van der Waals surface area contributed by atoms with Gasteiger partial charge in [-0.2, -0.15) is 13.2 Å². The average Bonchev–Trinajstić information content (AvgIpc) is 3.55. The van der Waals surface area contributed by atoms with Crippen LogP contribution in [0.1, 0.15) is 24.0 Å². The number of fused-ring (bicyclic) bond motifs is 2. The van der Waals surface area contributed by atoms with E-state index in [0.717, 1.165) is 35.2 Å². The summed E-state index contributed by atoms with van der Waals surface area (Å²) in [5, 5.41) is 10.1. The molecular formula is C27H22F4N6OS. The van der Waals surface area contributed by atoms with E-state index in [-0.39, 0.29) is 17.6 Å². The van der Waals surface area contributed by atoms with Gasteiger partial charge in [-0.1, -0.05) is 6.07 Å². The van der Waals surface area contributed by atoms with Gasteiger partial charge in [-0.15, -0.1) is 16.4 Å². The lowest BCUT2D eigenvalue weighted by Gasteiger charge is -2.33. The van der Waals surface area contributed by atoms with Crippen molar-refractivity contribution in [3.05, 3.63) is 77.3 Å². The highest BCUT2D eigenvalue weighted by Crippen LogP contribution is 2.31. The van der Waals surface area contributed by atoms with Crippen molar-refractivity contribution in [3.63, 3.8) is 0 Å². The fraction of sp³-hybridized carbons (Fsp3) is 0.259. The molecule has 4 heterocycles. The number of aromatic nitrogens is 4. The third-order valence-electron chi connectivity index (χ3n) is 6.90. The van der Waals surface area contributed by atoms with Crippen molar-refractivity contribution in [2.45, 2.75) is 25.6 Å². The van der Waals surface area contributed by atoms with Crippen molar-refractivity contribution in [1.29, 1.82) is 0 Å². The van der Waals surface area contributed by atoms with E-state index in [1.54, 1.807) is 12.3 Å². The minimum atomic E-state index is -4.42. The van der Waals surface area contributed by atoms with E-state index in [0.29, 0.717) is 47.6 Å². The molecule has 2 aromatic carbocycles. The maximum atomic E-state index is 13.9. The SMILES string of the molecule is O=C(NCc1ccc2scc(F)c2c1)C1CCCN(c2ncnc3nn(-c4ccc(C(F)(F)F)cc4)cc23)C1. The molecule has 1 atom stereocenters. The summed E-state index contributed by atoms with van der Waals surface area (Å²) in [5.41, 5.74) is 0.958. The summed E-state index contributed by atoms with van der Waals surface area (Å²) >= 11 is 1.34. The lowest BCUT2D eigenvalue weighted by molar-refractivity contribution is -0.137.